The lowest BCUT2D eigenvalue weighted by molar-refractivity contribution is 0.104. The maximum Gasteiger partial charge on any atom is 0.199 e. The molecule has 1 aromatic carbocycles. The Morgan fingerprint density at radius 2 is 1.94 bits per heavy atom. The fourth-order valence-corrected chi connectivity index (χ4v) is 2.00. The normalized spacial score (nSPS) is 15.2. The maximum atomic E-state index is 12.1. The molecule has 0 heterocycles. The zero-order valence-corrected chi connectivity index (χ0v) is 10.2. The van der Waals surface area contributed by atoms with E-state index in [-0.39, 0.29) is 23.7 Å². The molecule has 0 unspecified atom stereocenters. The summed E-state index contributed by atoms with van der Waals surface area (Å²) in [6.45, 7) is 2.21. The highest BCUT2D eigenvalue weighted by Crippen LogP contribution is 2.31. The predicted molar refractivity (Wildman–Crippen MR) is 70.0 cm³/mol. The van der Waals surface area contributed by atoms with E-state index in [4.69, 9.17) is 5.11 Å². The number of carbonyl (C=O) groups excluding carboxylic acids is 1. The number of benzene rings is 1. The Kier molecular flexibility index (Phi) is 3.58. The van der Waals surface area contributed by atoms with Crippen LogP contribution >= 0.6 is 0 Å². The summed E-state index contributed by atoms with van der Waals surface area (Å²) in [6.07, 6.45) is 0.548. The number of fused-ring (bicyclic) bond motifs is 1. The van der Waals surface area contributed by atoms with Gasteiger partial charge in [-0.15, -0.1) is 0 Å². The molecule has 0 spiro atoms. The summed E-state index contributed by atoms with van der Waals surface area (Å²) in [4.78, 5) is 16.3. The van der Waals surface area contributed by atoms with Crippen LogP contribution in [-0.4, -0.2) is 34.9 Å². The molecular formula is C14H15NO3. The molecule has 18 heavy (non-hydrogen) atoms. The molecule has 0 saturated carbocycles. The van der Waals surface area contributed by atoms with E-state index in [0.717, 1.165) is 0 Å². The number of aliphatic hydroxyl groups excluding tert-OH is 2. The smallest absolute Gasteiger partial charge is 0.199 e. The van der Waals surface area contributed by atoms with Gasteiger partial charge in [0.25, 0.3) is 0 Å². The van der Waals surface area contributed by atoms with E-state index >= 15 is 0 Å². The lowest BCUT2D eigenvalue weighted by atomic mass is 10.1. The highest BCUT2D eigenvalue weighted by atomic mass is 16.3. The number of aliphatic imine (C=N–C) groups is 1. The minimum Gasteiger partial charge on any atom is -0.506 e. The number of nitrogens with zero attached hydrogens (tertiary/aromatic N) is 1. The standard InChI is InChI=1S/C14H15NO3/c1-9(15-7-4-8-16)12-13(17)10-5-2-3-6-11(10)14(12)18/h2-3,5-6,16-17H,4,7-8H2,1H3. The van der Waals surface area contributed by atoms with E-state index < -0.39 is 0 Å². The van der Waals surface area contributed by atoms with Gasteiger partial charge in [0.1, 0.15) is 5.76 Å². The number of hydrogen-bond donors (Lipinski definition) is 2. The Balaban J connectivity index is 2.34. The van der Waals surface area contributed by atoms with Crippen LogP contribution in [-0.2, 0) is 0 Å². The molecule has 0 aromatic heterocycles. The molecule has 4 nitrogen and oxygen atoms in total. The van der Waals surface area contributed by atoms with Crippen molar-refractivity contribution in [3.8, 4) is 0 Å². The first-order valence-corrected chi connectivity index (χ1v) is 5.86. The third-order valence-corrected chi connectivity index (χ3v) is 2.92. The molecule has 0 saturated heterocycles. The van der Waals surface area contributed by atoms with Gasteiger partial charge in [-0.25, -0.2) is 0 Å². The van der Waals surface area contributed by atoms with Gasteiger partial charge in [0, 0.05) is 30.0 Å². The van der Waals surface area contributed by atoms with E-state index in [1.165, 1.54) is 0 Å². The summed E-state index contributed by atoms with van der Waals surface area (Å²) in [7, 11) is 0. The number of hydrogen-bond acceptors (Lipinski definition) is 4. The van der Waals surface area contributed by atoms with Gasteiger partial charge >= 0.3 is 0 Å². The van der Waals surface area contributed by atoms with Crippen LogP contribution in [0.5, 0.6) is 0 Å². The summed E-state index contributed by atoms with van der Waals surface area (Å²) in [5.41, 5.74) is 1.87. The molecule has 1 aromatic rings. The van der Waals surface area contributed by atoms with E-state index in [2.05, 4.69) is 4.99 Å². The van der Waals surface area contributed by atoms with Gasteiger partial charge in [0.2, 0.25) is 0 Å². The van der Waals surface area contributed by atoms with Crippen molar-refractivity contribution in [2.24, 2.45) is 4.99 Å². The monoisotopic (exact) mass is 245 g/mol. The average molecular weight is 245 g/mol. The second-order valence-corrected chi connectivity index (χ2v) is 4.14. The van der Waals surface area contributed by atoms with Crippen LogP contribution in [0, 0.1) is 0 Å². The minimum absolute atomic E-state index is 0.000786. The van der Waals surface area contributed by atoms with Crippen molar-refractivity contribution in [2.45, 2.75) is 13.3 Å². The molecular weight excluding hydrogens is 230 g/mol. The lowest BCUT2D eigenvalue weighted by Gasteiger charge is -2.01. The summed E-state index contributed by atoms with van der Waals surface area (Å²) < 4.78 is 0. The molecule has 0 radical (unpaired) electrons. The molecule has 0 atom stereocenters. The van der Waals surface area contributed by atoms with Crippen LogP contribution in [0.2, 0.25) is 0 Å². The van der Waals surface area contributed by atoms with E-state index in [1.807, 2.05) is 0 Å². The van der Waals surface area contributed by atoms with E-state index in [0.29, 0.717) is 29.8 Å². The first kappa shape index (κ1) is 12.5. The van der Waals surface area contributed by atoms with Gasteiger partial charge < -0.3 is 10.2 Å². The highest BCUT2D eigenvalue weighted by molar-refractivity contribution is 6.35. The van der Waals surface area contributed by atoms with Gasteiger partial charge in [-0.3, -0.25) is 9.79 Å². The van der Waals surface area contributed by atoms with Crippen LogP contribution in [0.3, 0.4) is 0 Å². The van der Waals surface area contributed by atoms with Crippen molar-refractivity contribution in [2.75, 3.05) is 13.2 Å². The Bertz CT molecular complexity index is 544. The van der Waals surface area contributed by atoms with Crippen molar-refractivity contribution in [1.29, 1.82) is 0 Å². The zero-order chi connectivity index (χ0) is 13.1. The summed E-state index contributed by atoms with van der Waals surface area (Å²) in [6, 6.07) is 6.97. The first-order valence-electron chi connectivity index (χ1n) is 5.86. The predicted octanol–water partition coefficient (Wildman–Crippen LogP) is 2.00. The van der Waals surface area contributed by atoms with Crippen molar-refractivity contribution in [3.63, 3.8) is 0 Å². The van der Waals surface area contributed by atoms with Gasteiger partial charge in [0.05, 0.1) is 5.57 Å². The molecule has 0 fully saturated rings. The lowest BCUT2D eigenvalue weighted by Crippen LogP contribution is -2.08. The molecule has 0 aliphatic heterocycles. The quantitative estimate of drug-likeness (QED) is 0.629. The number of aliphatic hydroxyl groups is 2. The molecule has 1 aliphatic rings. The molecule has 2 N–H and O–H groups in total. The Morgan fingerprint density at radius 3 is 2.56 bits per heavy atom. The highest BCUT2D eigenvalue weighted by Gasteiger charge is 2.30. The molecule has 0 bridgehead atoms. The topological polar surface area (TPSA) is 69.9 Å². The third kappa shape index (κ3) is 2.07. The van der Waals surface area contributed by atoms with Gasteiger partial charge in [-0.1, -0.05) is 24.3 Å². The summed E-state index contributed by atoms with van der Waals surface area (Å²) in [5.74, 6) is -0.186. The maximum absolute atomic E-state index is 12.1. The Hall–Kier alpha value is -1.94. The molecule has 2 rings (SSSR count). The zero-order valence-electron chi connectivity index (χ0n) is 10.2. The summed E-state index contributed by atoms with van der Waals surface area (Å²) in [5, 5.41) is 18.8. The molecule has 0 amide bonds. The average Bonchev–Trinajstić information content (AvgIpc) is 2.63. The molecule has 1 aliphatic carbocycles. The van der Waals surface area contributed by atoms with Crippen LogP contribution in [0.15, 0.2) is 34.8 Å². The van der Waals surface area contributed by atoms with Crippen molar-refractivity contribution in [1.82, 2.24) is 0 Å². The van der Waals surface area contributed by atoms with Crippen LogP contribution < -0.4 is 0 Å². The van der Waals surface area contributed by atoms with Gasteiger partial charge in [-0.2, -0.15) is 0 Å². The number of rotatable bonds is 4. The second kappa shape index (κ2) is 5.14. The Morgan fingerprint density at radius 1 is 1.28 bits per heavy atom. The summed E-state index contributed by atoms with van der Waals surface area (Å²) >= 11 is 0. The van der Waals surface area contributed by atoms with Gasteiger partial charge in [-0.05, 0) is 13.3 Å². The first-order chi connectivity index (χ1) is 8.66. The fraction of sp³-hybridized carbons (Fsp3) is 0.286. The van der Waals surface area contributed by atoms with E-state index in [1.54, 1.807) is 31.2 Å². The van der Waals surface area contributed by atoms with E-state index in [9.17, 15) is 9.90 Å². The SMILES string of the molecule is CC(=NCCCO)C1=C(O)c2ccccc2C1=O. The minimum atomic E-state index is -0.187. The van der Waals surface area contributed by atoms with Crippen molar-refractivity contribution >= 4 is 17.3 Å². The van der Waals surface area contributed by atoms with Crippen molar-refractivity contribution < 1.29 is 15.0 Å². The third-order valence-electron chi connectivity index (χ3n) is 2.92. The van der Waals surface area contributed by atoms with Gasteiger partial charge in [0.15, 0.2) is 5.78 Å². The fourth-order valence-electron chi connectivity index (χ4n) is 2.00. The number of allylic oxidation sites excluding steroid dienone is 1. The second-order valence-electron chi connectivity index (χ2n) is 4.14. The largest absolute Gasteiger partial charge is 0.506 e. The molecule has 4 heteroatoms. The van der Waals surface area contributed by atoms with Crippen molar-refractivity contribution in [3.05, 3.63) is 41.0 Å². The number of Topliss-reactive ketones (excluding diaryl/α,β-unsaturated/α-hetero) is 1. The van der Waals surface area contributed by atoms with Crippen LogP contribution in [0.25, 0.3) is 5.76 Å². The van der Waals surface area contributed by atoms with Crippen LogP contribution in [0.4, 0.5) is 0 Å². The number of carbonyl (C=O) groups is 1. The number of ketones is 1. The Labute approximate surface area is 105 Å². The van der Waals surface area contributed by atoms with Crippen LogP contribution in [0.1, 0.15) is 29.3 Å². The molecule has 94 valence electrons.